The summed E-state index contributed by atoms with van der Waals surface area (Å²) < 4.78 is 6.06. The predicted octanol–water partition coefficient (Wildman–Crippen LogP) is 2.14. The van der Waals surface area contributed by atoms with Crippen molar-refractivity contribution in [2.24, 2.45) is 0 Å². The molecule has 92 valence electrons. The van der Waals surface area contributed by atoms with Gasteiger partial charge in [-0.05, 0) is 47.8 Å². The van der Waals surface area contributed by atoms with Gasteiger partial charge in [0.1, 0.15) is 10.3 Å². The molecule has 0 spiro atoms. The van der Waals surface area contributed by atoms with Crippen LogP contribution in [0, 0.1) is 0 Å². The number of aromatic nitrogens is 1. The highest BCUT2D eigenvalue weighted by Gasteiger charge is 2.29. The number of pyridine rings is 1. The molecule has 0 radical (unpaired) electrons. The van der Waals surface area contributed by atoms with Crippen LogP contribution < -0.4 is 5.32 Å². The van der Waals surface area contributed by atoms with Crippen molar-refractivity contribution in [3.8, 4) is 0 Å². The zero-order valence-corrected chi connectivity index (χ0v) is 11.3. The molecule has 1 aromatic heterocycles. The second kappa shape index (κ2) is 5.14. The van der Waals surface area contributed by atoms with Crippen LogP contribution in [0.25, 0.3) is 0 Å². The standard InChI is InChI=1S/C12H15BrN2O2/c1-12(6-3-7-17-8-12)15-11(16)9-4-2-5-10(13)14-9/h2,4-5H,3,6-8H2,1H3,(H,15,16). The maximum atomic E-state index is 12.0. The summed E-state index contributed by atoms with van der Waals surface area (Å²) in [5.41, 5.74) is 0.144. The van der Waals surface area contributed by atoms with Crippen LogP contribution in [0.15, 0.2) is 22.8 Å². The van der Waals surface area contributed by atoms with Crippen LogP contribution in [0.2, 0.25) is 0 Å². The summed E-state index contributed by atoms with van der Waals surface area (Å²) in [5.74, 6) is -0.153. The van der Waals surface area contributed by atoms with Crippen molar-refractivity contribution in [2.75, 3.05) is 13.2 Å². The third-order valence-electron chi connectivity index (χ3n) is 2.80. The fourth-order valence-corrected chi connectivity index (χ4v) is 2.25. The minimum Gasteiger partial charge on any atom is -0.379 e. The summed E-state index contributed by atoms with van der Waals surface area (Å²) in [4.78, 5) is 16.2. The summed E-state index contributed by atoms with van der Waals surface area (Å²) in [6, 6.07) is 5.29. The Morgan fingerprint density at radius 1 is 1.59 bits per heavy atom. The molecule has 2 heterocycles. The normalized spacial score (nSPS) is 24.4. The molecule has 5 heteroatoms. The quantitative estimate of drug-likeness (QED) is 0.851. The fraction of sp³-hybridized carbons (Fsp3) is 0.500. The molecular weight excluding hydrogens is 284 g/mol. The first-order chi connectivity index (χ1) is 8.09. The SMILES string of the molecule is CC1(NC(=O)c2cccc(Br)n2)CCCOC1. The molecule has 0 aliphatic carbocycles. The minimum absolute atomic E-state index is 0.153. The summed E-state index contributed by atoms with van der Waals surface area (Å²) in [6.45, 7) is 3.34. The highest BCUT2D eigenvalue weighted by molar-refractivity contribution is 9.10. The number of hydrogen-bond donors (Lipinski definition) is 1. The van der Waals surface area contributed by atoms with E-state index in [1.165, 1.54) is 0 Å². The maximum Gasteiger partial charge on any atom is 0.270 e. The van der Waals surface area contributed by atoms with Crippen LogP contribution >= 0.6 is 15.9 Å². The van der Waals surface area contributed by atoms with Crippen LogP contribution in [0.4, 0.5) is 0 Å². The molecule has 0 saturated carbocycles. The third kappa shape index (κ3) is 3.26. The van der Waals surface area contributed by atoms with Gasteiger partial charge in [0.25, 0.3) is 5.91 Å². The largest absolute Gasteiger partial charge is 0.379 e. The Hall–Kier alpha value is -0.940. The van der Waals surface area contributed by atoms with E-state index in [4.69, 9.17) is 4.74 Å². The second-order valence-corrected chi connectivity index (χ2v) is 5.33. The van der Waals surface area contributed by atoms with Gasteiger partial charge < -0.3 is 10.1 Å². The van der Waals surface area contributed by atoms with Crippen molar-refractivity contribution >= 4 is 21.8 Å². The first kappa shape index (κ1) is 12.5. The van der Waals surface area contributed by atoms with Gasteiger partial charge in [-0.15, -0.1) is 0 Å². The zero-order valence-electron chi connectivity index (χ0n) is 9.70. The Morgan fingerprint density at radius 2 is 2.41 bits per heavy atom. The lowest BCUT2D eigenvalue weighted by molar-refractivity contribution is 0.0271. The average Bonchev–Trinajstić information content (AvgIpc) is 2.29. The summed E-state index contributed by atoms with van der Waals surface area (Å²) in [5, 5.41) is 2.99. The first-order valence-corrected chi connectivity index (χ1v) is 6.41. The number of amides is 1. The molecule has 1 fully saturated rings. The van der Waals surface area contributed by atoms with E-state index in [1.54, 1.807) is 18.2 Å². The molecule has 1 aliphatic rings. The van der Waals surface area contributed by atoms with Gasteiger partial charge in [-0.25, -0.2) is 4.98 Å². The van der Waals surface area contributed by atoms with E-state index in [-0.39, 0.29) is 11.4 Å². The highest BCUT2D eigenvalue weighted by atomic mass is 79.9. The number of nitrogens with zero attached hydrogens (tertiary/aromatic N) is 1. The van der Waals surface area contributed by atoms with Gasteiger partial charge in [0.05, 0.1) is 12.1 Å². The number of hydrogen-bond acceptors (Lipinski definition) is 3. The van der Waals surface area contributed by atoms with Crippen molar-refractivity contribution in [3.05, 3.63) is 28.5 Å². The molecule has 1 aliphatic heterocycles. The molecule has 1 amide bonds. The molecule has 2 rings (SSSR count). The summed E-state index contributed by atoms with van der Waals surface area (Å²) >= 11 is 3.25. The number of ether oxygens (including phenoxy) is 1. The molecule has 0 bridgehead atoms. The second-order valence-electron chi connectivity index (χ2n) is 4.52. The van der Waals surface area contributed by atoms with Crippen LogP contribution in [-0.4, -0.2) is 29.6 Å². The predicted molar refractivity (Wildman–Crippen MR) is 67.9 cm³/mol. The molecule has 1 aromatic rings. The molecular formula is C12H15BrN2O2. The summed E-state index contributed by atoms with van der Waals surface area (Å²) in [6.07, 6.45) is 1.91. The Morgan fingerprint density at radius 3 is 3.06 bits per heavy atom. The monoisotopic (exact) mass is 298 g/mol. The van der Waals surface area contributed by atoms with Crippen molar-refractivity contribution in [3.63, 3.8) is 0 Å². The lowest BCUT2D eigenvalue weighted by Crippen LogP contribution is -2.51. The van der Waals surface area contributed by atoms with E-state index < -0.39 is 0 Å². The molecule has 1 unspecified atom stereocenters. The fourth-order valence-electron chi connectivity index (χ4n) is 1.91. The van der Waals surface area contributed by atoms with Gasteiger partial charge in [0.15, 0.2) is 0 Å². The third-order valence-corrected chi connectivity index (χ3v) is 3.24. The van der Waals surface area contributed by atoms with Gasteiger partial charge in [0.2, 0.25) is 0 Å². The number of rotatable bonds is 2. The Kier molecular flexibility index (Phi) is 3.79. The first-order valence-electron chi connectivity index (χ1n) is 5.62. The zero-order chi connectivity index (χ0) is 12.3. The molecule has 0 aromatic carbocycles. The maximum absolute atomic E-state index is 12.0. The van der Waals surface area contributed by atoms with Gasteiger partial charge in [-0.3, -0.25) is 4.79 Å². The van der Waals surface area contributed by atoms with Crippen molar-refractivity contribution in [2.45, 2.75) is 25.3 Å². The van der Waals surface area contributed by atoms with E-state index in [0.717, 1.165) is 19.4 Å². The van der Waals surface area contributed by atoms with Gasteiger partial charge in [0, 0.05) is 6.61 Å². The van der Waals surface area contributed by atoms with E-state index in [0.29, 0.717) is 16.9 Å². The highest BCUT2D eigenvalue weighted by Crippen LogP contribution is 2.19. The van der Waals surface area contributed by atoms with Crippen molar-refractivity contribution in [1.82, 2.24) is 10.3 Å². The van der Waals surface area contributed by atoms with Crippen LogP contribution in [0.3, 0.4) is 0 Å². The molecule has 1 saturated heterocycles. The number of carbonyl (C=O) groups is 1. The molecule has 17 heavy (non-hydrogen) atoms. The summed E-state index contributed by atoms with van der Waals surface area (Å²) in [7, 11) is 0. The van der Waals surface area contributed by atoms with Crippen molar-refractivity contribution < 1.29 is 9.53 Å². The smallest absolute Gasteiger partial charge is 0.270 e. The minimum atomic E-state index is -0.278. The van der Waals surface area contributed by atoms with E-state index >= 15 is 0 Å². The Labute approximate surface area is 109 Å². The average molecular weight is 299 g/mol. The van der Waals surface area contributed by atoms with Crippen LogP contribution in [0.1, 0.15) is 30.3 Å². The molecule has 4 nitrogen and oxygen atoms in total. The lowest BCUT2D eigenvalue weighted by atomic mass is 9.95. The number of carbonyl (C=O) groups excluding carboxylic acids is 1. The van der Waals surface area contributed by atoms with E-state index in [9.17, 15) is 4.79 Å². The van der Waals surface area contributed by atoms with E-state index in [2.05, 4.69) is 26.2 Å². The van der Waals surface area contributed by atoms with Gasteiger partial charge >= 0.3 is 0 Å². The Balaban J connectivity index is 2.06. The topological polar surface area (TPSA) is 51.2 Å². The molecule has 1 atom stereocenters. The number of nitrogens with one attached hydrogen (secondary N) is 1. The van der Waals surface area contributed by atoms with Crippen molar-refractivity contribution in [1.29, 1.82) is 0 Å². The number of halogens is 1. The molecule has 1 N–H and O–H groups in total. The Bertz CT molecular complexity index is 417. The van der Waals surface area contributed by atoms with Gasteiger partial charge in [-0.1, -0.05) is 6.07 Å². The van der Waals surface area contributed by atoms with Crippen LogP contribution in [-0.2, 0) is 4.74 Å². The van der Waals surface area contributed by atoms with Crippen LogP contribution in [0.5, 0.6) is 0 Å². The van der Waals surface area contributed by atoms with Gasteiger partial charge in [-0.2, -0.15) is 0 Å². The van der Waals surface area contributed by atoms with E-state index in [1.807, 2.05) is 6.92 Å². The lowest BCUT2D eigenvalue weighted by Gasteiger charge is -2.34.